The molecule has 2 aromatic rings. The monoisotopic (exact) mass is 459 g/mol. The number of hydrogen-bond donors (Lipinski definition) is 1. The van der Waals surface area contributed by atoms with E-state index in [1.807, 2.05) is 17.8 Å². The van der Waals surface area contributed by atoms with E-state index in [4.69, 9.17) is 0 Å². The van der Waals surface area contributed by atoms with Gasteiger partial charge >= 0.3 is 0 Å². The standard InChI is InChI=1S/C24H34FN5OS/c1-18-30(23(31)24(32-18)9-3-2-4-10-24)12-6-5-11-28-13-15-29(16-14-28)22-20-8-7-19(25)17-21(20)26-27-22/h7-8,17-18H,2-6,9-16H2,1H3,(H,26,27). The van der Waals surface area contributed by atoms with Crippen molar-refractivity contribution in [3.05, 3.63) is 24.0 Å². The molecule has 0 bridgehead atoms. The van der Waals surface area contributed by atoms with Crippen LogP contribution in [0, 0.1) is 5.82 Å². The molecule has 1 amide bonds. The molecule has 1 N–H and O–H groups in total. The number of nitrogens with zero attached hydrogens (tertiary/aromatic N) is 4. The van der Waals surface area contributed by atoms with Crippen molar-refractivity contribution in [1.82, 2.24) is 20.0 Å². The van der Waals surface area contributed by atoms with Crippen molar-refractivity contribution in [1.29, 1.82) is 0 Å². The van der Waals surface area contributed by atoms with Crippen molar-refractivity contribution in [2.45, 2.75) is 62.0 Å². The first-order chi connectivity index (χ1) is 15.6. The number of nitrogens with one attached hydrogen (secondary N) is 1. The molecule has 8 heteroatoms. The highest BCUT2D eigenvalue weighted by Crippen LogP contribution is 2.49. The average molecular weight is 460 g/mol. The van der Waals surface area contributed by atoms with Gasteiger partial charge in [-0.25, -0.2) is 4.39 Å². The molecule has 1 spiro atoms. The number of H-pyrrole nitrogens is 1. The number of amides is 1. The van der Waals surface area contributed by atoms with E-state index in [9.17, 15) is 9.18 Å². The van der Waals surface area contributed by atoms with Crippen molar-refractivity contribution >= 4 is 34.4 Å². The first-order valence-corrected chi connectivity index (χ1v) is 13.0. The van der Waals surface area contributed by atoms with Crippen molar-refractivity contribution in [2.24, 2.45) is 0 Å². The highest BCUT2D eigenvalue weighted by molar-refractivity contribution is 8.02. The molecule has 1 atom stereocenters. The second-order valence-corrected chi connectivity index (χ2v) is 11.2. The molecule has 1 aromatic carbocycles. The van der Waals surface area contributed by atoms with E-state index in [0.717, 1.165) is 81.7 Å². The van der Waals surface area contributed by atoms with Gasteiger partial charge in [0, 0.05) is 38.1 Å². The molecule has 1 aromatic heterocycles. The van der Waals surface area contributed by atoms with Gasteiger partial charge in [-0.3, -0.25) is 14.8 Å². The van der Waals surface area contributed by atoms with E-state index in [-0.39, 0.29) is 10.6 Å². The number of hydrogen-bond acceptors (Lipinski definition) is 5. The zero-order valence-electron chi connectivity index (χ0n) is 19.0. The summed E-state index contributed by atoms with van der Waals surface area (Å²) in [5.74, 6) is 1.10. The molecule has 1 unspecified atom stereocenters. The van der Waals surface area contributed by atoms with Gasteiger partial charge in [0.1, 0.15) is 5.82 Å². The molecule has 2 aliphatic heterocycles. The predicted octanol–water partition coefficient (Wildman–Crippen LogP) is 4.23. The van der Waals surface area contributed by atoms with Crippen LogP contribution in [0.4, 0.5) is 10.2 Å². The van der Waals surface area contributed by atoms with Crippen LogP contribution >= 0.6 is 11.8 Å². The number of piperazine rings is 1. The highest BCUT2D eigenvalue weighted by Gasteiger charge is 2.50. The molecule has 1 aliphatic carbocycles. The van der Waals surface area contributed by atoms with Crippen LogP contribution in [0.2, 0.25) is 0 Å². The number of rotatable bonds is 6. The third-order valence-electron chi connectivity index (χ3n) is 7.45. The summed E-state index contributed by atoms with van der Waals surface area (Å²) in [7, 11) is 0. The van der Waals surface area contributed by atoms with Gasteiger partial charge < -0.3 is 9.80 Å². The van der Waals surface area contributed by atoms with E-state index < -0.39 is 0 Å². The van der Waals surface area contributed by atoms with Gasteiger partial charge in [0.25, 0.3) is 0 Å². The number of aromatic amines is 1. The lowest BCUT2D eigenvalue weighted by atomic mass is 9.87. The highest BCUT2D eigenvalue weighted by atomic mass is 32.2. The van der Waals surface area contributed by atoms with E-state index in [2.05, 4.69) is 31.8 Å². The number of halogens is 1. The minimum absolute atomic E-state index is 0.101. The predicted molar refractivity (Wildman–Crippen MR) is 129 cm³/mol. The Hall–Kier alpha value is -1.80. The summed E-state index contributed by atoms with van der Waals surface area (Å²) in [5.41, 5.74) is 0.751. The van der Waals surface area contributed by atoms with E-state index in [1.54, 1.807) is 0 Å². The normalized spacial score (nSPS) is 24.2. The Morgan fingerprint density at radius 3 is 2.66 bits per heavy atom. The van der Waals surface area contributed by atoms with Gasteiger partial charge in [-0.2, -0.15) is 5.10 Å². The lowest BCUT2D eigenvalue weighted by Crippen LogP contribution is -2.47. The summed E-state index contributed by atoms with van der Waals surface area (Å²) in [5, 5.41) is 8.69. The summed E-state index contributed by atoms with van der Waals surface area (Å²) in [6, 6.07) is 4.81. The maximum absolute atomic E-state index is 13.4. The summed E-state index contributed by atoms with van der Waals surface area (Å²) in [6.07, 6.45) is 8.03. The average Bonchev–Trinajstić information content (AvgIpc) is 3.31. The van der Waals surface area contributed by atoms with Gasteiger partial charge in [-0.1, -0.05) is 19.3 Å². The summed E-state index contributed by atoms with van der Waals surface area (Å²) in [6.45, 7) is 8.05. The van der Waals surface area contributed by atoms with E-state index in [0.29, 0.717) is 11.3 Å². The molecule has 0 radical (unpaired) electrons. The number of carbonyl (C=O) groups is 1. The number of unbranched alkanes of at least 4 members (excludes halogenated alkanes) is 1. The zero-order valence-corrected chi connectivity index (χ0v) is 19.8. The molecule has 32 heavy (non-hydrogen) atoms. The van der Waals surface area contributed by atoms with Crippen molar-refractivity contribution in [3.8, 4) is 0 Å². The van der Waals surface area contributed by atoms with Crippen molar-refractivity contribution in [2.75, 3.05) is 44.2 Å². The molecular weight excluding hydrogens is 425 g/mol. The van der Waals surface area contributed by atoms with Crippen LogP contribution in [0.15, 0.2) is 18.2 Å². The van der Waals surface area contributed by atoms with Crippen molar-refractivity contribution < 1.29 is 9.18 Å². The van der Waals surface area contributed by atoms with Crippen LogP contribution in [-0.4, -0.2) is 75.3 Å². The fraction of sp³-hybridized carbons (Fsp3) is 0.667. The molecule has 1 saturated carbocycles. The topological polar surface area (TPSA) is 55.5 Å². The lowest BCUT2D eigenvalue weighted by Gasteiger charge is -2.35. The maximum Gasteiger partial charge on any atom is 0.239 e. The van der Waals surface area contributed by atoms with Gasteiger partial charge in [0.15, 0.2) is 5.82 Å². The number of carbonyl (C=O) groups excluding carboxylic acids is 1. The minimum Gasteiger partial charge on any atom is -0.352 e. The van der Waals surface area contributed by atoms with Crippen LogP contribution < -0.4 is 4.90 Å². The van der Waals surface area contributed by atoms with Crippen LogP contribution in [0.5, 0.6) is 0 Å². The molecular formula is C24H34FN5OS. The van der Waals surface area contributed by atoms with Gasteiger partial charge in [0.2, 0.25) is 5.91 Å². The van der Waals surface area contributed by atoms with Crippen molar-refractivity contribution in [3.63, 3.8) is 0 Å². The first-order valence-electron chi connectivity index (χ1n) is 12.2. The number of benzene rings is 1. The minimum atomic E-state index is -0.241. The molecule has 3 aliphatic rings. The lowest BCUT2D eigenvalue weighted by molar-refractivity contribution is -0.133. The van der Waals surface area contributed by atoms with Crippen LogP contribution in [-0.2, 0) is 4.79 Å². The number of thioether (sulfide) groups is 1. The van der Waals surface area contributed by atoms with Crippen LogP contribution in [0.3, 0.4) is 0 Å². The molecule has 3 heterocycles. The summed E-state index contributed by atoms with van der Waals surface area (Å²) >= 11 is 1.92. The Kier molecular flexibility index (Phi) is 6.34. The Bertz CT molecular complexity index is 951. The second kappa shape index (κ2) is 9.21. The zero-order chi connectivity index (χ0) is 22.1. The molecule has 2 saturated heterocycles. The van der Waals surface area contributed by atoms with Gasteiger partial charge in [-0.05, 0) is 57.4 Å². The maximum atomic E-state index is 13.4. The number of fused-ring (bicyclic) bond motifs is 1. The van der Waals surface area contributed by atoms with Crippen LogP contribution in [0.25, 0.3) is 10.9 Å². The summed E-state index contributed by atoms with van der Waals surface area (Å²) in [4.78, 5) is 20.1. The smallest absolute Gasteiger partial charge is 0.239 e. The Morgan fingerprint density at radius 2 is 1.88 bits per heavy atom. The fourth-order valence-corrected chi connectivity index (χ4v) is 7.35. The Morgan fingerprint density at radius 1 is 1.12 bits per heavy atom. The third-order valence-corrected chi connectivity index (χ3v) is 9.08. The fourth-order valence-electron chi connectivity index (χ4n) is 5.62. The molecule has 5 rings (SSSR count). The SMILES string of the molecule is CC1SC2(CCCCC2)C(=O)N1CCCCN1CCN(c2n[nH]c3cc(F)ccc23)CC1. The van der Waals surface area contributed by atoms with E-state index >= 15 is 0 Å². The largest absolute Gasteiger partial charge is 0.352 e. The first kappa shape index (κ1) is 22.0. The van der Waals surface area contributed by atoms with E-state index in [1.165, 1.54) is 31.4 Å². The quantitative estimate of drug-likeness (QED) is 0.656. The molecule has 6 nitrogen and oxygen atoms in total. The second-order valence-electron chi connectivity index (χ2n) is 9.54. The number of aromatic nitrogens is 2. The molecule has 174 valence electrons. The van der Waals surface area contributed by atoms with Gasteiger partial charge in [-0.15, -0.1) is 11.8 Å². The Labute approximate surface area is 193 Å². The molecule has 3 fully saturated rings. The number of anilines is 1. The van der Waals surface area contributed by atoms with Gasteiger partial charge in [0.05, 0.1) is 15.6 Å². The van der Waals surface area contributed by atoms with Crippen LogP contribution in [0.1, 0.15) is 51.9 Å². The summed E-state index contributed by atoms with van der Waals surface area (Å²) < 4.78 is 13.3. The third kappa shape index (κ3) is 4.23. The Balaban J connectivity index is 1.06.